The average molecular weight is 578 g/mol. The van der Waals surface area contributed by atoms with Gasteiger partial charge in [-0.2, -0.15) is 0 Å². The molecule has 4 amide bonds. The number of carbonyl (C=O) groups is 3. The van der Waals surface area contributed by atoms with Crippen LogP contribution in [0.4, 0.5) is 26.9 Å². The van der Waals surface area contributed by atoms with Crippen LogP contribution < -0.4 is 16.4 Å². The molecule has 0 fully saturated rings. The number of hydrogen-bond acceptors (Lipinski definition) is 7. The van der Waals surface area contributed by atoms with Crippen LogP contribution in [0.25, 0.3) is 11.4 Å². The van der Waals surface area contributed by atoms with Gasteiger partial charge >= 0.3 is 12.1 Å². The van der Waals surface area contributed by atoms with Crippen molar-refractivity contribution in [3.05, 3.63) is 89.2 Å². The van der Waals surface area contributed by atoms with Crippen LogP contribution in [-0.2, 0) is 18.2 Å². The number of nitrogen functional groups attached to an aromatic ring is 1. The van der Waals surface area contributed by atoms with Crippen LogP contribution in [0.15, 0.2) is 66.9 Å². The van der Waals surface area contributed by atoms with Gasteiger partial charge in [0.05, 0.1) is 16.8 Å². The van der Waals surface area contributed by atoms with Gasteiger partial charge in [0.1, 0.15) is 11.3 Å². The van der Waals surface area contributed by atoms with E-state index in [1.54, 1.807) is 57.2 Å². The highest BCUT2D eigenvalue weighted by Crippen LogP contribution is 2.30. The third-order valence-electron chi connectivity index (χ3n) is 6.56. The fourth-order valence-electron chi connectivity index (χ4n) is 4.62. The van der Waals surface area contributed by atoms with Gasteiger partial charge in [-0.1, -0.05) is 36.1 Å². The van der Waals surface area contributed by atoms with Crippen LogP contribution in [0.3, 0.4) is 0 Å². The lowest BCUT2D eigenvalue weighted by molar-refractivity contribution is 0.0232. The van der Waals surface area contributed by atoms with E-state index in [1.165, 1.54) is 6.20 Å². The van der Waals surface area contributed by atoms with Gasteiger partial charge in [-0.05, 0) is 57.2 Å². The number of aromatic nitrogens is 3. The summed E-state index contributed by atoms with van der Waals surface area (Å²) in [5, 5.41) is 5.58. The molecular weight excluding hydrogens is 546 g/mol. The van der Waals surface area contributed by atoms with E-state index in [1.807, 2.05) is 35.9 Å². The summed E-state index contributed by atoms with van der Waals surface area (Å²) >= 11 is 0. The van der Waals surface area contributed by atoms with E-state index >= 15 is 0 Å². The maximum absolute atomic E-state index is 13.3. The number of benzene rings is 2. The van der Waals surface area contributed by atoms with Crippen LogP contribution in [0, 0.1) is 11.8 Å². The minimum atomic E-state index is -0.726. The number of fused-ring (bicyclic) bond motifs is 1. The minimum Gasteiger partial charge on any atom is -0.443 e. The third-order valence-corrected chi connectivity index (χ3v) is 6.56. The van der Waals surface area contributed by atoms with E-state index < -0.39 is 17.6 Å². The molecule has 0 radical (unpaired) electrons. The Bertz CT molecular complexity index is 1780. The molecule has 4 N–H and O–H groups in total. The van der Waals surface area contributed by atoms with E-state index in [4.69, 9.17) is 10.5 Å². The van der Waals surface area contributed by atoms with E-state index in [-0.39, 0.29) is 18.5 Å². The Labute approximate surface area is 249 Å². The number of urea groups is 1. The Kier molecular flexibility index (Phi) is 7.86. The van der Waals surface area contributed by atoms with Crippen LogP contribution in [0.1, 0.15) is 48.0 Å². The Morgan fingerprint density at radius 2 is 1.72 bits per heavy atom. The van der Waals surface area contributed by atoms with Crippen LogP contribution in [0.2, 0.25) is 0 Å². The number of nitrogens with zero attached hydrogens (tertiary/aromatic N) is 4. The molecule has 5 rings (SSSR count). The molecule has 0 spiro atoms. The molecule has 0 saturated carbocycles. The van der Waals surface area contributed by atoms with Crippen molar-refractivity contribution in [2.24, 2.45) is 7.05 Å². The van der Waals surface area contributed by atoms with Crippen molar-refractivity contribution in [3.63, 3.8) is 0 Å². The van der Waals surface area contributed by atoms with Gasteiger partial charge in [-0.15, -0.1) is 0 Å². The summed E-state index contributed by atoms with van der Waals surface area (Å²) in [5.41, 5.74) is 9.81. The third kappa shape index (κ3) is 6.65. The Morgan fingerprint density at radius 3 is 2.47 bits per heavy atom. The molecule has 3 heterocycles. The molecule has 2 aromatic heterocycles. The lowest BCUT2D eigenvalue weighted by atomic mass is 10.1. The molecule has 0 aliphatic carbocycles. The second-order valence-corrected chi connectivity index (χ2v) is 10.9. The van der Waals surface area contributed by atoms with Crippen LogP contribution in [-0.4, -0.2) is 49.6 Å². The highest BCUT2D eigenvalue weighted by atomic mass is 16.6. The summed E-state index contributed by atoms with van der Waals surface area (Å²) < 4.78 is 7.29. The lowest BCUT2D eigenvalue weighted by Gasteiger charge is -2.28. The van der Waals surface area contributed by atoms with E-state index in [0.717, 1.165) is 10.6 Å². The molecule has 4 aromatic rings. The molecule has 11 nitrogen and oxygen atoms in total. The molecule has 0 unspecified atom stereocenters. The van der Waals surface area contributed by atoms with Gasteiger partial charge in [0.25, 0.3) is 5.91 Å². The van der Waals surface area contributed by atoms with Gasteiger partial charge in [-0.3, -0.25) is 4.79 Å². The van der Waals surface area contributed by atoms with Gasteiger partial charge in [0, 0.05) is 48.8 Å². The summed E-state index contributed by atoms with van der Waals surface area (Å²) in [7, 11) is 1.83. The van der Waals surface area contributed by atoms with Gasteiger partial charge in [0.2, 0.25) is 5.95 Å². The highest BCUT2D eigenvalue weighted by Gasteiger charge is 2.35. The summed E-state index contributed by atoms with van der Waals surface area (Å²) in [6.07, 6.45) is 1.30. The molecule has 0 atom stereocenters. The molecule has 43 heavy (non-hydrogen) atoms. The highest BCUT2D eigenvalue weighted by molar-refractivity contribution is 6.05. The molecular formula is C32H31N7O4. The Balaban J connectivity index is 1.40. The van der Waals surface area contributed by atoms with Crippen LogP contribution in [0.5, 0.6) is 0 Å². The fourth-order valence-corrected chi connectivity index (χ4v) is 4.62. The molecule has 2 aromatic carbocycles. The molecule has 11 heteroatoms. The fraction of sp³-hybridized carbons (Fsp3) is 0.219. The van der Waals surface area contributed by atoms with Crippen molar-refractivity contribution in [1.82, 2.24) is 19.4 Å². The number of ether oxygens (including phenoxy) is 1. The van der Waals surface area contributed by atoms with Crippen molar-refractivity contribution >= 4 is 35.4 Å². The van der Waals surface area contributed by atoms with E-state index in [2.05, 4.69) is 32.4 Å². The molecule has 1 aliphatic rings. The molecule has 0 bridgehead atoms. The Morgan fingerprint density at radius 1 is 1.00 bits per heavy atom. The van der Waals surface area contributed by atoms with Gasteiger partial charge in [-0.25, -0.2) is 24.5 Å². The molecule has 0 saturated heterocycles. The topological polar surface area (TPSA) is 144 Å². The number of rotatable bonds is 3. The molecule has 1 aliphatic heterocycles. The zero-order valence-electron chi connectivity index (χ0n) is 24.3. The zero-order chi connectivity index (χ0) is 30.7. The maximum atomic E-state index is 13.3. The first-order valence-corrected chi connectivity index (χ1v) is 13.6. The predicted octanol–water partition coefficient (Wildman–Crippen LogP) is 5.04. The predicted molar refractivity (Wildman–Crippen MR) is 163 cm³/mol. The normalized spacial score (nSPS) is 12.6. The lowest BCUT2D eigenvalue weighted by Crippen LogP contribution is -2.44. The zero-order valence-corrected chi connectivity index (χ0v) is 24.3. The number of hydrogen-bond donors (Lipinski definition) is 3. The number of anilines is 3. The largest absolute Gasteiger partial charge is 0.443 e. The van der Waals surface area contributed by atoms with Gasteiger partial charge in [0.15, 0.2) is 0 Å². The number of nitrogens with one attached hydrogen (secondary N) is 2. The summed E-state index contributed by atoms with van der Waals surface area (Å²) in [6.45, 7) is 5.46. The van der Waals surface area contributed by atoms with Crippen LogP contribution >= 0.6 is 0 Å². The quantitative estimate of drug-likeness (QED) is 0.289. The maximum Gasteiger partial charge on any atom is 0.417 e. The monoisotopic (exact) mass is 577 g/mol. The van der Waals surface area contributed by atoms with Crippen molar-refractivity contribution in [3.8, 4) is 23.2 Å². The first kappa shape index (κ1) is 28.9. The minimum absolute atomic E-state index is 0.0528. The van der Waals surface area contributed by atoms with E-state index in [9.17, 15) is 14.4 Å². The van der Waals surface area contributed by atoms with Gasteiger partial charge < -0.3 is 25.7 Å². The summed E-state index contributed by atoms with van der Waals surface area (Å²) in [4.78, 5) is 48.1. The number of amides is 4. The number of carbonyl (C=O) groups excluding carboxylic acids is 3. The second kappa shape index (κ2) is 11.7. The van der Waals surface area contributed by atoms with E-state index in [0.29, 0.717) is 45.9 Å². The average Bonchev–Trinajstić information content (AvgIpc) is 3.29. The number of nitrogens with two attached hydrogens (primary N) is 1. The number of imide groups is 1. The van der Waals surface area contributed by atoms with Crippen molar-refractivity contribution in [2.45, 2.75) is 32.8 Å². The van der Waals surface area contributed by atoms with Crippen molar-refractivity contribution in [1.29, 1.82) is 0 Å². The second-order valence-electron chi connectivity index (χ2n) is 10.9. The van der Waals surface area contributed by atoms with Crippen molar-refractivity contribution in [2.75, 3.05) is 22.9 Å². The smallest absolute Gasteiger partial charge is 0.417 e. The standard InChI is InChI=1S/C32H31N7O4/c1-32(2,3)43-31(42)39-16-15-25-24(28(39)40)18-26(38(25)4)27-21(19-34-29(33)37-27)14-13-20-9-8-12-23(17-20)36-30(41)35-22-10-6-5-7-11-22/h5-12,17-19H,15-16H2,1-4H3,(H2,33,34,37)(H2,35,36,41). The molecule has 218 valence electrons. The summed E-state index contributed by atoms with van der Waals surface area (Å²) in [5.74, 6) is 5.82. The first-order valence-electron chi connectivity index (χ1n) is 13.6. The first-order chi connectivity index (χ1) is 20.5. The SMILES string of the molecule is Cn1c(-c2nc(N)ncc2C#Cc2cccc(NC(=O)Nc3ccccc3)c2)cc2c1CCN(C(=O)OC(C)(C)C)C2=O. The number of para-hydroxylation sites is 1. The Hall–Kier alpha value is -5.63. The van der Waals surface area contributed by atoms with Crippen molar-refractivity contribution < 1.29 is 19.1 Å². The summed E-state index contributed by atoms with van der Waals surface area (Å²) in [6, 6.07) is 17.6.